The van der Waals surface area contributed by atoms with E-state index in [-0.39, 0.29) is 0 Å². The van der Waals surface area contributed by atoms with Gasteiger partial charge in [0.2, 0.25) is 0 Å². The zero-order valence-corrected chi connectivity index (χ0v) is 14.7. The molecule has 1 nitrogen and oxygen atoms in total. The van der Waals surface area contributed by atoms with E-state index in [1.54, 1.807) is 6.92 Å². The molecule has 21 heavy (non-hydrogen) atoms. The van der Waals surface area contributed by atoms with Crippen LogP contribution < -0.4 is 0 Å². The summed E-state index contributed by atoms with van der Waals surface area (Å²) in [5.74, 6) is 3.23. The lowest BCUT2D eigenvalue weighted by molar-refractivity contribution is 0.113. The monoisotopic (exact) mass is 290 g/mol. The topological polar surface area (TPSA) is 20.2 Å². The first-order valence-electron chi connectivity index (χ1n) is 8.28. The Morgan fingerprint density at radius 1 is 1.14 bits per heavy atom. The first-order chi connectivity index (χ1) is 9.76. The number of aliphatic hydroxyl groups is 1. The number of hydrogen-bond donors (Lipinski definition) is 1. The normalized spacial score (nSPS) is 15.9. The standard InChI is InChI=1S/C20H34O/c1-7-20(6,21)16-10-15-19(5)14-9-13-18(4)12-8-11-17(2)3/h1,13,15,17,21H,8-12,14,16H2,2-6H3/b18-13-,19-15-. The van der Waals surface area contributed by atoms with Gasteiger partial charge in [-0.1, -0.05) is 49.5 Å². The molecule has 0 aliphatic rings. The van der Waals surface area contributed by atoms with Crippen molar-refractivity contribution in [1.29, 1.82) is 0 Å². The minimum atomic E-state index is -0.969. The molecule has 0 aromatic carbocycles. The molecule has 0 aliphatic carbocycles. The number of terminal acetylenes is 1. The molecule has 1 atom stereocenters. The molecule has 1 unspecified atom stereocenters. The van der Waals surface area contributed by atoms with E-state index in [1.165, 1.54) is 30.4 Å². The van der Waals surface area contributed by atoms with E-state index in [0.717, 1.165) is 25.2 Å². The highest BCUT2D eigenvalue weighted by atomic mass is 16.3. The van der Waals surface area contributed by atoms with Gasteiger partial charge in [-0.15, -0.1) is 6.42 Å². The van der Waals surface area contributed by atoms with E-state index < -0.39 is 5.60 Å². The van der Waals surface area contributed by atoms with E-state index in [1.807, 2.05) is 0 Å². The van der Waals surface area contributed by atoms with Crippen molar-refractivity contribution in [3.8, 4) is 12.3 Å². The van der Waals surface area contributed by atoms with Crippen LogP contribution in [0.1, 0.15) is 79.6 Å². The maximum Gasteiger partial charge on any atom is 0.122 e. The fourth-order valence-corrected chi connectivity index (χ4v) is 2.21. The Labute approximate surface area is 132 Å². The fraction of sp³-hybridized carbons (Fsp3) is 0.700. The van der Waals surface area contributed by atoms with Gasteiger partial charge in [-0.25, -0.2) is 0 Å². The van der Waals surface area contributed by atoms with Crippen LogP contribution in [0.5, 0.6) is 0 Å². The van der Waals surface area contributed by atoms with Crippen LogP contribution in [0.4, 0.5) is 0 Å². The van der Waals surface area contributed by atoms with Crippen LogP contribution in [0.3, 0.4) is 0 Å². The van der Waals surface area contributed by atoms with E-state index in [4.69, 9.17) is 6.42 Å². The summed E-state index contributed by atoms with van der Waals surface area (Å²) in [5, 5.41) is 9.73. The number of allylic oxidation sites excluding steroid dienone is 4. The molecular formula is C20H34O. The summed E-state index contributed by atoms with van der Waals surface area (Å²) in [4.78, 5) is 0. The summed E-state index contributed by atoms with van der Waals surface area (Å²) in [5.41, 5.74) is 1.93. The van der Waals surface area contributed by atoms with Gasteiger partial charge in [0.25, 0.3) is 0 Å². The molecule has 0 fully saturated rings. The Hall–Kier alpha value is -1.00. The third-order valence-corrected chi connectivity index (χ3v) is 3.82. The average molecular weight is 290 g/mol. The zero-order valence-electron chi connectivity index (χ0n) is 14.7. The Morgan fingerprint density at radius 2 is 1.71 bits per heavy atom. The van der Waals surface area contributed by atoms with Crippen LogP contribution >= 0.6 is 0 Å². The van der Waals surface area contributed by atoms with Gasteiger partial charge in [0.05, 0.1) is 0 Å². The number of rotatable bonds is 10. The molecule has 0 saturated heterocycles. The first-order valence-corrected chi connectivity index (χ1v) is 8.28. The van der Waals surface area contributed by atoms with Crippen LogP contribution in [-0.4, -0.2) is 10.7 Å². The van der Waals surface area contributed by atoms with Crippen molar-refractivity contribution in [2.45, 2.75) is 85.2 Å². The highest BCUT2D eigenvalue weighted by Crippen LogP contribution is 2.16. The minimum absolute atomic E-state index is 0.630. The maximum absolute atomic E-state index is 9.73. The Morgan fingerprint density at radius 3 is 2.29 bits per heavy atom. The smallest absolute Gasteiger partial charge is 0.122 e. The predicted octanol–water partition coefficient (Wildman–Crippen LogP) is 5.65. The van der Waals surface area contributed by atoms with E-state index in [0.29, 0.717) is 6.42 Å². The molecule has 0 aromatic rings. The summed E-state index contributed by atoms with van der Waals surface area (Å²) in [6.07, 6.45) is 17.4. The summed E-state index contributed by atoms with van der Waals surface area (Å²) < 4.78 is 0. The van der Waals surface area contributed by atoms with Crippen molar-refractivity contribution in [3.63, 3.8) is 0 Å². The lowest BCUT2D eigenvalue weighted by Gasteiger charge is -2.14. The van der Waals surface area contributed by atoms with Gasteiger partial charge in [0.1, 0.15) is 5.60 Å². The van der Waals surface area contributed by atoms with Crippen molar-refractivity contribution < 1.29 is 5.11 Å². The summed E-state index contributed by atoms with van der Waals surface area (Å²) in [6, 6.07) is 0. The Bertz CT molecular complexity index is 377. The first kappa shape index (κ1) is 20.0. The fourth-order valence-electron chi connectivity index (χ4n) is 2.21. The largest absolute Gasteiger partial charge is 0.378 e. The highest BCUT2D eigenvalue weighted by molar-refractivity contribution is 5.07. The molecule has 0 bridgehead atoms. The second kappa shape index (κ2) is 10.7. The van der Waals surface area contributed by atoms with Gasteiger partial charge in [-0.2, -0.15) is 0 Å². The molecule has 0 rings (SSSR count). The van der Waals surface area contributed by atoms with Crippen molar-refractivity contribution >= 4 is 0 Å². The Kier molecular flexibility index (Phi) is 10.2. The van der Waals surface area contributed by atoms with Crippen LogP contribution in [0.15, 0.2) is 23.3 Å². The summed E-state index contributed by atoms with van der Waals surface area (Å²) in [6.45, 7) is 10.7. The SMILES string of the molecule is C#CC(C)(O)CC/C=C(/C)CC/C=C(/C)CCCC(C)C. The van der Waals surface area contributed by atoms with Crippen molar-refractivity contribution in [3.05, 3.63) is 23.3 Å². The van der Waals surface area contributed by atoms with Gasteiger partial charge in [0.15, 0.2) is 0 Å². The molecule has 1 heteroatoms. The second-order valence-corrected chi connectivity index (χ2v) is 6.88. The minimum Gasteiger partial charge on any atom is -0.378 e. The summed E-state index contributed by atoms with van der Waals surface area (Å²) in [7, 11) is 0. The third-order valence-electron chi connectivity index (χ3n) is 3.82. The van der Waals surface area contributed by atoms with Crippen LogP contribution in [0.2, 0.25) is 0 Å². The molecule has 0 spiro atoms. The highest BCUT2D eigenvalue weighted by Gasteiger charge is 2.14. The van der Waals surface area contributed by atoms with Gasteiger partial charge in [-0.3, -0.25) is 0 Å². The van der Waals surface area contributed by atoms with Gasteiger partial charge < -0.3 is 5.11 Å². The Balaban J connectivity index is 3.91. The van der Waals surface area contributed by atoms with E-state index >= 15 is 0 Å². The molecule has 0 saturated carbocycles. The second-order valence-electron chi connectivity index (χ2n) is 6.88. The molecular weight excluding hydrogens is 256 g/mol. The van der Waals surface area contributed by atoms with Gasteiger partial charge in [0, 0.05) is 0 Å². The maximum atomic E-state index is 9.73. The van der Waals surface area contributed by atoms with Crippen molar-refractivity contribution in [2.75, 3.05) is 0 Å². The third kappa shape index (κ3) is 12.5. The lowest BCUT2D eigenvalue weighted by atomic mass is 9.99. The van der Waals surface area contributed by atoms with Crippen LogP contribution in [-0.2, 0) is 0 Å². The van der Waals surface area contributed by atoms with E-state index in [9.17, 15) is 5.11 Å². The molecule has 1 N–H and O–H groups in total. The zero-order chi connectivity index (χ0) is 16.3. The quantitative estimate of drug-likeness (QED) is 0.407. The summed E-state index contributed by atoms with van der Waals surface area (Å²) >= 11 is 0. The van der Waals surface area contributed by atoms with Crippen molar-refractivity contribution in [1.82, 2.24) is 0 Å². The van der Waals surface area contributed by atoms with E-state index in [2.05, 4.69) is 45.8 Å². The molecule has 0 radical (unpaired) electrons. The molecule has 0 heterocycles. The molecule has 0 aromatic heterocycles. The lowest BCUT2D eigenvalue weighted by Crippen LogP contribution is -2.20. The van der Waals surface area contributed by atoms with Gasteiger partial charge >= 0.3 is 0 Å². The molecule has 0 amide bonds. The number of hydrogen-bond acceptors (Lipinski definition) is 1. The van der Waals surface area contributed by atoms with Crippen LogP contribution in [0.25, 0.3) is 0 Å². The predicted molar refractivity (Wildman–Crippen MR) is 94.1 cm³/mol. The van der Waals surface area contributed by atoms with Gasteiger partial charge in [-0.05, 0) is 65.2 Å². The molecule has 0 aliphatic heterocycles. The van der Waals surface area contributed by atoms with Crippen molar-refractivity contribution in [2.24, 2.45) is 5.92 Å². The molecule has 120 valence electrons. The average Bonchev–Trinajstić information content (AvgIpc) is 2.38. The van der Waals surface area contributed by atoms with Crippen LogP contribution in [0, 0.1) is 18.3 Å².